The lowest BCUT2D eigenvalue weighted by molar-refractivity contribution is -0.153. The molecular weight excluding hydrogens is 1090 g/mol. The van der Waals surface area contributed by atoms with Gasteiger partial charge in [-0.2, -0.15) is 13.2 Å². The number of nitrogens with zero attached hydrogens (tertiary/aromatic N) is 4. The van der Waals surface area contributed by atoms with Crippen molar-refractivity contribution in [3.05, 3.63) is 291 Å². The van der Waals surface area contributed by atoms with Gasteiger partial charge in [-0.15, -0.1) is 23.1 Å². The molecule has 1 saturated heterocycles. The van der Waals surface area contributed by atoms with Gasteiger partial charge in [0, 0.05) is 33.9 Å². The van der Waals surface area contributed by atoms with Crippen molar-refractivity contribution in [1.82, 2.24) is 20.4 Å². The normalized spacial score (nSPS) is 15.6. The molecule has 0 saturated carbocycles. The Morgan fingerprint density at radius 3 is 1.72 bits per heavy atom. The molecule has 0 bridgehead atoms. The molecule has 2 aromatic heterocycles. The maximum atomic E-state index is 15.4. The van der Waals surface area contributed by atoms with Gasteiger partial charge in [0.15, 0.2) is 22.3 Å². The summed E-state index contributed by atoms with van der Waals surface area (Å²) in [6.45, 7) is -0.190. The second-order valence-electron chi connectivity index (χ2n) is 18.9. The molecule has 13 nitrogen and oxygen atoms in total. The summed E-state index contributed by atoms with van der Waals surface area (Å²) in [6.07, 6.45) is -2.15. The SMILES string of the molecule is COc1ccc(COC(=O)C2=C(/C=C\c3cc(C(F)(F)F)no3)CS[C@@H]3[C@H](NC(=O)/C(=N\OC(c4ccccc4)(c4ccccc4)c4ccccc4)c4csc(NC(c5ccccc5)(c5ccccc5)c5ccccc5)n4)C(=O)N23)cc1. The third kappa shape index (κ3) is 10.9. The lowest BCUT2D eigenvalue weighted by atomic mass is 9.77. The topological polar surface area (TPSA) is 157 Å². The number of aromatic nitrogens is 2. The first-order chi connectivity index (χ1) is 40.0. The molecule has 2 amide bonds. The van der Waals surface area contributed by atoms with Gasteiger partial charge in [-0.05, 0) is 46.0 Å². The Hall–Kier alpha value is -9.52. The van der Waals surface area contributed by atoms with Crippen molar-refractivity contribution in [3.63, 3.8) is 0 Å². The number of benzene rings is 7. The Balaban J connectivity index is 0.978. The van der Waals surface area contributed by atoms with Gasteiger partial charge in [0.2, 0.25) is 5.60 Å². The summed E-state index contributed by atoms with van der Waals surface area (Å²) in [6, 6.07) is 64.8. The van der Waals surface area contributed by atoms with Gasteiger partial charge >= 0.3 is 12.1 Å². The van der Waals surface area contributed by atoms with Crippen LogP contribution in [-0.2, 0) is 47.9 Å². The minimum Gasteiger partial charge on any atom is -0.497 e. The maximum absolute atomic E-state index is 15.4. The third-order valence-electron chi connectivity index (χ3n) is 14.0. The number of carbonyl (C=O) groups excluding carboxylic acids is 3. The van der Waals surface area contributed by atoms with Crippen molar-refractivity contribution in [2.45, 2.75) is 35.3 Å². The number of ether oxygens (including phenoxy) is 2. The molecule has 7 aromatic carbocycles. The number of oxime groups is 1. The van der Waals surface area contributed by atoms with Crippen LogP contribution in [0.15, 0.2) is 245 Å². The van der Waals surface area contributed by atoms with Gasteiger partial charge in [-0.1, -0.05) is 211 Å². The maximum Gasteiger partial charge on any atom is 0.436 e. The molecule has 0 unspecified atom stereocenters. The van der Waals surface area contributed by atoms with Gasteiger partial charge in [0.25, 0.3) is 11.8 Å². The zero-order chi connectivity index (χ0) is 56.7. The number of methoxy groups -OCH3 is 1. The quantitative estimate of drug-likeness (QED) is 0.0261. The summed E-state index contributed by atoms with van der Waals surface area (Å²) in [5, 5.41) is 15.9. The molecule has 2 aliphatic rings. The van der Waals surface area contributed by atoms with Crippen molar-refractivity contribution in [3.8, 4) is 5.75 Å². The fraction of sp³-hybridized carbons (Fsp3) is 0.125. The Morgan fingerprint density at radius 1 is 0.720 bits per heavy atom. The van der Waals surface area contributed by atoms with Gasteiger partial charge in [0.05, 0.1) is 7.11 Å². The summed E-state index contributed by atoms with van der Waals surface area (Å²) in [5.41, 5.74) is 1.74. The van der Waals surface area contributed by atoms with Crippen LogP contribution in [0.5, 0.6) is 5.75 Å². The van der Waals surface area contributed by atoms with Crippen LogP contribution in [-0.4, -0.2) is 62.8 Å². The average molecular weight is 1140 g/mol. The van der Waals surface area contributed by atoms with E-state index in [0.717, 1.165) is 22.8 Å². The second kappa shape index (κ2) is 23.7. The zero-order valence-corrected chi connectivity index (χ0v) is 45.2. The molecule has 0 radical (unpaired) electrons. The van der Waals surface area contributed by atoms with Crippen LogP contribution in [0.1, 0.15) is 56.1 Å². The first-order valence-electron chi connectivity index (χ1n) is 25.8. The molecule has 18 heteroatoms. The number of rotatable bonds is 19. The predicted octanol–water partition coefficient (Wildman–Crippen LogP) is 12.4. The first kappa shape index (κ1) is 54.4. The lowest BCUT2D eigenvalue weighted by Gasteiger charge is -2.49. The van der Waals surface area contributed by atoms with Crippen LogP contribution >= 0.6 is 23.1 Å². The molecule has 410 valence electrons. The van der Waals surface area contributed by atoms with Crippen molar-refractivity contribution in [2.24, 2.45) is 5.16 Å². The number of allylic oxidation sites excluding steroid dienone is 1. The molecule has 1 fully saturated rings. The number of thioether (sulfide) groups is 1. The standard InChI is InChI=1S/C64H49F3N6O7S2/c1-77-50-35-32-42(33-36-50)39-78-60(76)56-43(34-37-51-38-53(71-79-51)64(65,66)67)40-81-59-55(58(75)73(56)59)69-57(74)54(72-80-63(47-26-14-5-15-27-47,48-28-16-6-17-29-48)49-30-18-7-19-31-49)52-41-82-61(68-52)70-62(44-20-8-2-9-21-44,45-22-10-3-11-23-45)46-24-12-4-13-25-46/h2-38,41,55,59H,39-40H2,1H3,(H,68,70)(H,69,74)/b37-34-,72-54-/t55-,59-/m1/s1. The van der Waals surface area contributed by atoms with Crippen LogP contribution in [0.3, 0.4) is 0 Å². The van der Waals surface area contributed by atoms with Gasteiger partial charge in [0.1, 0.15) is 40.7 Å². The molecule has 4 heterocycles. The van der Waals surface area contributed by atoms with E-state index in [1.807, 2.05) is 182 Å². The molecule has 0 spiro atoms. The molecule has 9 aromatic rings. The number of alkyl halides is 3. The number of amides is 2. The fourth-order valence-electron chi connectivity index (χ4n) is 9.97. The summed E-state index contributed by atoms with van der Waals surface area (Å²) >= 11 is 2.46. The minimum absolute atomic E-state index is 0.0649. The highest BCUT2D eigenvalue weighted by molar-refractivity contribution is 8.00. The van der Waals surface area contributed by atoms with Crippen LogP contribution in [0.4, 0.5) is 18.3 Å². The number of β-lactam (4-membered cyclic amide) rings is 1. The van der Waals surface area contributed by atoms with E-state index in [4.69, 9.17) is 29.0 Å². The van der Waals surface area contributed by atoms with E-state index in [2.05, 4.69) is 15.8 Å². The van der Waals surface area contributed by atoms with E-state index < -0.39 is 52.2 Å². The van der Waals surface area contributed by atoms with Crippen molar-refractivity contribution < 1.29 is 46.4 Å². The van der Waals surface area contributed by atoms with E-state index in [-0.39, 0.29) is 40.8 Å². The summed E-state index contributed by atoms with van der Waals surface area (Å²) < 4.78 is 56.4. The lowest BCUT2D eigenvalue weighted by Crippen LogP contribution is -2.71. The van der Waals surface area contributed by atoms with Crippen LogP contribution in [0.25, 0.3) is 6.08 Å². The van der Waals surface area contributed by atoms with E-state index in [9.17, 15) is 22.8 Å². The van der Waals surface area contributed by atoms with Crippen molar-refractivity contribution >= 4 is 57.8 Å². The second-order valence-corrected chi connectivity index (χ2v) is 20.9. The first-order valence-corrected chi connectivity index (χ1v) is 27.7. The molecule has 82 heavy (non-hydrogen) atoms. The highest BCUT2D eigenvalue weighted by atomic mass is 32.2. The highest BCUT2D eigenvalue weighted by Crippen LogP contribution is 2.45. The smallest absolute Gasteiger partial charge is 0.436 e. The number of carbonyl (C=O) groups is 3. The Morgan fingerprint density at radius 2 is 1.23 bits per heavy atom. The van der Waals surface area contributed by atoms with Crippen LogP contribution in [0, 0.1) is 0 Å². The Labute approximate surface area is 477 Å². The minimum atomic E-state index is -4.76. The predicted molar refractivity (Wildman–Crippen MR) is 307 cm³/mol. The van der Waals surface area contributed by atoms with Crippen LogP contribution < -0.4 is 15.4 Å². The number of nitrogens with one attached hydrogen (secondary N) is 2. The van der Waals surface area contributed by atoms with Gasteiger partial charge in [-0.25, -0.2) is 9.78 Å². The third-order valence-corrected chi connectivity index (χ3v) is 16.0. The molecule has 11 rings (SSSR count). The van der Waals surface area contributed by atoms with Gasteiger partial charge < -0.3 is 29.5 Å². The number of anilines is 1. The number of esters is 1. The molecular formula is C64H49F3N6O7S2. The van der Waals surface area contributed by atoms with Crippen LogP contribution in [0.2, 0.25) is 0 Å². The number of halogens is 3. The monoisotopic (exact) mass is 1130 g/mol. The summed E-state index contributed by atoms with van der Waals surface area (Å²) in [7, 11) is 1.52. The molecule has 2 aliphatic heterocycles. The zero-order valence-electron chi connectivity index (χ0n) is 43.6. The molecule has 2 N–H and O–H groups in total. The largest absolute Gasteiger partial charge is 0.497 e. The van der Waals surface area contributed by atoms with E-state index in [0.29, 0.717) is 33.1 Å². The number of thiazole rings is 1. The van der Waals surface area contributed by atoms with Crippen molar-refractivity contribution in [2.75, 3.05) is 18.2 Å². The number of hydrogen-bond donors (Lipinski definition) is 2. The Bertz CT molecular complexity index is 3600. The molecule has 2 atom stereocenters. The number of fused-ring (bicyclic) bond motifs is 1. The van der Waals surface area contributed by atoms with E-state index >= 15 is 4.79 Å². The van der Waals surface area contributed by atoms with Gasteiger partial charge in [-0.3, -0.25) is 14.5 Å². The fourth-order valence-corrected chi connectivity index (χ4v) is 12.0. The number of hydrogen-bond acceptors (Lipinski definition) is 13. The Kier molecular flexibility index (Phi) is 15.7. The summed E-state index contributed by atoms with van der Waals surface area (Å²) in [5.74, 6) is -1.96. The van der Waals surface area contributed by atoms with E-state index in [1.165, 1.54) is 47.3 Å². The van der Waals surface area contributed by atoms with Crippen molar-refractivity contribution in [1.29, 1.82) is 0 Å². The van der Waals surface area contributed by atoms with E-state index in [1.54, 1.807) is 29.6 Å². The summed E-state index contributed by atoms with van der Waals surface area (Å²) in [4.78, 5) is 57.6. The molecule has 0 aliphatic carbocycles. The highest BCUT2D eigenvalue weighted by Gasteiger charge is 2.55. The average Bonchev–Trinajstić information content (AvgIpc) is 4.35.